The summed E-state index contributed by atoms with van der Waals surface area (Å²) in [6.07, 6.45) is 0. The fourth-order valence-corrected chi connectivity index (χ4v) is 2.64. The van der Waals surface area contributed by atoms with Crippen molar-refractivity contribution in [2.75, 3.05) is 6.54 Å². The van der Waals surface area contributed by atoms with Crippen LogP contribution in [0.2, 0.25) is 5.02 Å². The van der Waals surface area contributed by atoms with E-state index < -0.39 is 5.82 Å². The molecule has 0 radical (unpaired) electrons. The van der Waals surface area contributed by atoms with Crippen molar-refractivity contribution in [2.24, 2.45) is 0 Å². The standard InChI is InChI=1S/C13H17ClFN5S/c1-9(2)16-5-6-20-13(17-18-19-20)21-8-10-3-4-11(14)12(15)7-10/h3-4,7,9,16H,5-6,8H2,1-2H3. The largest absolute Gasteiger partial charge is 0.313 e. The quantitative estimate of drug-likeness (QED) is 0.792. The Morgan fingerprint density at radius 3 is 2.95 bits per heavy atom. The van der Waals surface area contributed by atoms with Crippen molar-refractivity contribution in [1.29, 1.82) is 0 Å². The van der Waals surface area contributed by atoms with Gasteiger partial charge in [-0.2, -0.15) is 0 Å². The highest BCUT2D eigenvalue weighted by Crippen LogP contribution is 2.22. The molecule has 0 fully saturated rings. The number of benzene rings is 1. The van der Waals surface area contributed by atoms with Crippen LogP contribution in [-0.2, 0) is 12.3 Å². The first-order chi connectivity index (χ1) is 10.1. The van der Waals surface area contributed by atoms with E-state index in [1.165, 1.54) is 17.8 Å². The van der Waals surface area contributed by atoms with Gasteiger partial charge in [0.25, 0.3) is 0 Å². The van der Waals surface area contributed by atoms with E-state index in [9.17, 15) is 4.39 Å². The summed E-state index contributed by atoms with van der Waals surface area (Å²) < 4.78 is 15.1. The summed E-state index contributed by atoms with van der Waals surface area (Å²) in [5, 5.41) is 15.8. The van der Waals surface area contributed by atoms with Gasteiger partial charge in [0, 0.05) is 18.3 Å². The van der Waals surface area contributed by atoms with Crippen molar-refractivity contribution in [1.82, 2.24) is 25.5 Å². The van der Waals surface area contributed by atoms with E-state index >= 15 is 0 Å². The highest BCUT2D eigenvalue weighted by molar-refractivity contribution is 7.98. The third-order valence-corrected chi connectivity index (χ3v) is 4.06. The van der Waals surface area contributed by atoms with Gasteiger partial charge >= 0.3 is 0 Å². The highest BCUT2D eigenvalue weighted by atomic mass is 35.5. The molecule has 2 aromatic rings. The average Bonchev–Trinajstić information content (AvgIpc) is 2.87. The van der Waals surface area contributed by atoms with Crippen molar-refractivity contribution < 1.29 is 4.39 Å². The minimum absolute atomic E-state index is 0.133. The van der Waals surface area contributed by atoms with Crippen LogP contribution in [0.4, 0.5) is 4.39 Å². The third kappa shape index (κ3) is 4.94. The first-order valence-electron chi connectivity index (χ1n) is 6.62. The molecule has 0 amide bonds. The molecule has 21 heavy (non-hydrogen) atoms. The first kappa shape index (κ1) is 16.2. The Labute approximate surface area is 132 Å². The summed E-state index contributed by atoms with van der Waals surface area (Å²) in [5.41, 5.74) is 0.844. The summed E-state index contributed by atoms with van der Waals surface area (Å²) in [6, 6.07) is 5.22. The van der Waals surface area contributed by atoms with Gasteiger partial charge in [0.2, 0.25) is 5.16 Å². The molecule has 1 N–H and O–H groups in total. The molecule has 0 unspecified atom stereocenters. The molecule has 0 aliphatic rings. The van der Waals surface area contributed by atoms with Crippen LogP contribution in [0.25, 0.3) is 0 Å². The number of halogens is 2. The average molecular weight is 330 g/mol. The minimum Gasteiger partial charge on any atom is -0.313 e. The lowest BCUT2D eigenvalue weighted by molar-refractivity contribution is 0.485. The van der Waals surface area contributed by atoms with Crippen LogP contribution in [-0.4, -0.2) is 32.8 Å². The van der Waals surface area contributed by atoms with Crippen molar-refractivity contribution in [2.45, 2.75) is 37.3 Å². The van der Waals surface area contributed by atoms with E-state index in [1.54, 1.807) is 16.8 Å². The number of rotatable bonds is 7. The summed E-state index contributed by atoms with van der Waals surface area (Å²) in [5.74, 6) is 0.182. The van der Waals surface area contributed by atoms with Gasteiger partial charge in [-0.3, -0.25) is 0 Å². The number of hydrogen-bond acceptors (Lipinski definition) is 5. The van der Waals surface area contributed by atoms with Gasteiger partial charge < -0.3 is 5.32 Å². The molecule has 1 aromatic carbocycles. The Morgan fingerprint density at radius 1 is 1.43 bits per heavy atom. The van der Waals surface area contributed by atoms with Crippen LogP contribution < -0.4 is 5.32 Å². The molecular formula is C13H17ClFN5S. The van der Waals surface area contributed by atoms with Crippen LogP contribution in [0, 0.1) is 5.82 Å². The van der Waals surface area contributed by atoms with Crippen molar-refractivity contribution in [3.63, 3.8) is 0 Å². The molecule has 114 valence electrons. The summed E-state index contributed by atoms with van der Waals surface area (Å²) in [6.45, 7) is 5.67. The molecule has 0 bridgehead atoms. The maximum Gasteiger partial charge on any atom is 0.209 e. The summed E-state index contributed by atoms with van der Waals surface area (Å²) in [7, 11) is 0. The Hall–Kier alpha value is -1.18. The SMILES string of the molecule is CC(C)NCCn1nnnc1SCc1ccc(Cl)c(F)c1. The number of nitrogens with one attached hydrogen (secondary N) is 1. The Kier molecular flexibility index (Phi) is 5.96. The van der Waals surface area contributed by atoms with Gasteiger partial charge in [-0.15, -0.1) is 5.10 Å². The zero-order chi connectivity index (χ0) is 15.2. The predicted octanol–water partition coefficient (Wildman–Crippen LogP) is 2.76. The zero-order valence-electron chi connectivity index (χ0n) is 11.9. The fraction of sp³-hybridized carbons (Fsp3) is 0.462. The number of hydrogen-bond donors (Lipinski definition) is 1. The topological polar surface area (TPSA) is 55.6 Å². The molecule has 0 saturated heterocycles. The summed E-state index contributed by atoms with van der Waals surface area (Å²) in [4.78, 5) is 0. The van der Waals surface area contributed by atoms with Crippen LogP contribution in [0.15, 0.2) is 23.4 Å². The molecule has 0 aliphatic carbocycles. The number of thioether (sulfide) groups is 1. The van der Waals surface area contributed by atoms with Crippen molar-refractivity contribution in [3.8, 4) is 0 Å². The van der Waals surface area contributed by atoms with Crippen molar-refractivity contribution in [3.05, 3.63) is 34.6 Å². The maximum atomic E-state index is 13.4. The Balaban J connectivity index is 1.91. The smallest absolute Gasteiger partial charge is 0.209 e. The highest BCUT2D eigenvalue weighted by Gasteiger charge is 2.08. The van der Waals surface area contributed by atoms with Crippen LogP contribution in [0.3, 0.4) is 0 Å². The van der Waals surface area contributed by atoms with Gasteiger partial charge in [0.05, 0.1) is 11.6 Å². The Bertz CT molecular complexity index is 590. The molecule has 8 heteroatoms. The molecule has 0 aliphatic heterocycles. The lowest BCUT2D eigenvalue weighted by atomic mass is 10.2. The molecule has 1 aromatic heterocycles. The van der Waals surface area contributed by atoms with E-state index in [0.717, 1.165) is 17.3 Å². The van der Waals surface area contributed by atoms with Crippen LogP contribution in [0.5, 0.6) is 0 Å². The predicted molar refractivity (Wildman–Crippen MR) is 81.9 cm³/mol. The number of nitrogens with zero attached hydrogens (tertiary/aromatic N) is 4. The maximum absolute atomic E-state index is 13.4. The van der Waals surface area contributed by atoms with Crippen LogP contribution in [0.1, 0.15) is 19.4 Å². The monoisotopic (exact) mass is 329 g/mol. The van der Waals surface area contributed by atoms with Gasteiger partial charge in [0.1, 0.15) is 5.82 Å². The number of aromatic nitrogens is 4. The lowest BCUT2D eigenvalue weighted by Crippen LogP contribution is -2.27. The molecule has 2 rings (SSSR count). The van der Waals surface area contributed by atoms with E-state index in [-0.39, 0.29) is 5.02 Å². The van der Waals surface area contributed by atoms with Gasteiger partial charge in [-0.1, -0.05) is 43.3 Å². The zero-order valence-corrected chi connectivity index (χ0v) is 13.5. The van der Waals surface area contributed by atoms with Gasteiger partial charge in [-0.25, -0.2) is 9.07 Å². The first-order valence-corrected chi connectivity index (χ1v) is 7.99. The Morgan fingerprint density at radius 2 is 2.24 bits per heavy atom. The summed E-state index contributed by atoms with van der Waals surface area (Å²) >= 11 is 7.13. The van der Waals surface area contributed by atoms with Gasteiger partial charge in [0.15, 0.2) is 0 Å². The lowest BCUT2D eigenvalue weighted by Gasteiger charge is -2.08. The van der Waals surface area contributed by atoms with E-state index in [1.807, 2.05) is 0 Å². The third-order valence-electron chi connectivity index (χ3n) is 2.73. The van der Waals surface area contributed by atoms with Crippen molar-refractivity contribution >= 4 is 23.4 Å². The second-order valence-electron chi connectivity index (χ2n) is 4.83. The molecular weight excluding hydrogens is 313 g/mol. The van der Waals surface area contributed by atoms with Gasteiger partial charge in [-0.05, 0) is 28.1 Å². The molecule has 0 spiro atoms. The molecule has 5 nitrogen and oxygen atoms in total. The van der Waals surface area contributed by atoms with Crippen LogP contribution >= 0.6 is 23.4 Å². The molecule has 0 atom stereocenters. The van der Waals surface area contributed by atoms with E-state index in [4.69, 9.17) is 11.6 Å². The molecule has 1 heterocycles. The second kappa shape index (κ2) is 7.72. The number of tetrazole rings is 1. The normalized spacial score (nSPS) is 11.3. The minimum atomic E-state index is -0.407. The van der Waals surface area contributed by atoms with E-state index in [2.05, 4.69) is 34.7 Å². The molecule has 0 saturated carbocycles. The van der Waals surface area contributed by atoms with E-state index in [0.29, 0.717) is 18.3 Å². The second-order valence-corrected chi connectivity index (χ2v) is 6.18. The fourth-order valence-electron chi connectivity index (χ4n) is 1.68.